The fourth-order valence-electron chi connectivity index (χ4n) is 1.53. The van der Waals surface area contributed by atoms with Gasteiger partial charge in [-0.1, -0.05) is 0 Å². The predicted octanol–water partition coefficient (Wildman–Crippen LogP) is 2.65. The number of nitrogens with two attached hydrogens (primary N) is 1. The van der Waals surface area contributed by atoms with Crippen LogP contribution < -0.4 is 5.73 Å². The van der Waals surface area contributed by atoms with E-state index >= 15 is 0 Å². The Morgan fingerprint density at radius 1 is 1.62 bits per heavy atom. The second-order valence-electron chi connectivity index (χ2n) is 3.91. The molecule has 2 aromatic heterocycles. The van der Waals surface area contributed by atoms with Crippen LogP contribution in [0.1, 0.15) is 17.5 Å². The number of imidazole rings is 1. The van der Waals surface area contributed by atoms with Crippen molar-refractivity contribution in [2.45, 2.75) is 25.9 Å². The largest absolute Gasteiger partial charge is 0.332 e. The van der Waals surface area contributed by atoms with Gasteiger partial charge in [0.15, 0.2) is 0 Å². The summed E-state index contributed by atoms with van der Waals surface area (Å²) in [6, 6.07) is 2.23. The minimum atomic E-state index is 0.164. The smallest absolute Gasteiger partial charge is 0.0952 e. The van der Waals surface area contributed by atoms with E-state index in [1.807, 2.05) is 13.3 Å². The molecule has 2 aromatic rings. The van der Waals surface area contributed by atoms with Crippen LogP contribution in [0.15, 0.2) is 28.4 Å². The van der Waals surface area contributed by atoms with E-state index in [9.17, 15) is 0 Å². The van der Waals surface area contributed by atoms with Crippen molar-refractivity contribution < 1.29 is 0 Å². The summed E-state index contributed by atoms with van der Waals surface area (Å²) in [6.07, 6.45) is 4.76. The maximum atomic E-state index is 5.74. The number of rotatable bonds is 4. The number of halogens is 1. The average molecular weight is 300 g/mol. The lowest BCUT2D eigenvalue weighted by Crippen LogP contribution is -2.17. The van der Waals surface area contributed by atoms with Crippen molar-refractivity contribution in [2.75, 3.05) is 0 Å². The standard InChI is InChI=1S/C11H14BrN3S/c1-8(13)4-9-5-15(7-14-9)6-11-10(12)2-3-16-11/h2-3,5,7-8H,4,6,13H2,1H3. The zero-order valence-corrected chi connectivity index (χ0v) is 11.5. The van der Waals surface area contributed by atoms with Crippen molar-refractivity contribution >= 4 is 27.3 Å². The van der Waals surface area contributed by atoms with Crippen LogP contribution in [0.3, 0.4) is 0 Å². The first-order valence-corrected chi connectivity index (χ1v) is 6.80. The van der Waals surface area contributed by atoms with E-state index in [0.717, 1.165) is 18.7 Å². The van der Waals surface area contributed by atoms with Crippen molar-refractivity contribution in [3.05, 3.63) is 39.0 Å². The summed E-state index contributed by atoms with van der Waals surface area (Å²) >= 11 is 5.27. The van der Waals surface area contributed by atoms with Gasteiger partial charge in [0.1, 0.15) is 0 Å². The molecule has 0 amide bonds. The summed E-state index contributed by atoms with van der Waals surface area (Å²) in [4.78, 5) is 5.65. The SMILES string of the molecule is CC(N)Cc1cn(Cc2sccc2Br)cn1. The molecule has 0 aliphatic carbocycles. The summed E-state index contributed by atoms with van der Waals surface area (Å²) < 4.78 is 3.26. The molecule has 1 atom stereocenters. The van der Waals surface area contributed by atoms with Gasteiger partial charge in [-0.2, -0.15) is 0 Å². The van der Waals surface area contributed by atoms with E-state index in [1.54, 1.807) is 11.3 Å². The Morgan fingerprint density at radius 2 is 2.44 bits per heavy atom. The molecule has 5 heteroatoms. The number of aromatic nitrogens is 2. The second-order valence-corrected chi connectivity index (χ2v) is 5.77. The average Bonchev–Trinajstić information content (AvgIpc) is 2.77. The molecule has 0 aromatic carbocycles. The molecule has 1 unspecified atom stereocenters. The van der Waals surface area contributed by atoms with Gasteiger partial charge in [-0.25, -0.2) is 4.98 Å². The van der Waals surface area contributed by atoms with Crippen LogP contribution in [0, 0.1) is 0 Å². The molecule has 2 N–H and O–H groups in total. The van der Waals surface area contributed by atoms with E-state index in [4.69, 9.17) is 5.73 Å². The first-order chi connectivity index (χ1) is 7.65. The number of nitrogens with zero attached hydrogens (tertiary/aromatic N) is 2. The quantitative estimate of drug-likeness (QED) is 0.943. The monoisotopic (exact) mass is 299 g/mol. The maximum absolute atomic E-state index is 5.74. The third kappa shape index (κ3) is 2.93. The molecule has 2 rings (SSSR count). The van der Waals surface area contributed by atoms with E-state index < -0.39 is 0 Å². The second kappa shape index (κ2) is 5.12. The molecule has 0 aliphatic rings. The van der Waals surface area contributed by atoms with E-state index in [-0.39, 0.29) is 6.04 Å². The molecule has 0 radical (unpaired) electrons. The summed E-state index contributed by atoms with van der Waals surface area (Å²) in [5, 5.41) is 2.08. The molecular formula is C11H14BrN3S. The zero-order valence-electron chi connectivity index (χ0n) is 9.06. The highest BCUT2D eigenvalue weighted by atomic mass is 79.9. The van der Waals surface area contributed by atoms with Crippen molar-refractivity contribution in [3.8, 4) is 0 Å². The summed E-state index contributed by atoms with van der Waals surface area (Å²) in [5.74, 6) is 0. The van der Waals surface area contributed by atoms with Crippen LogP contribution in [0.2, 0.25) is 0 Å². The van der Waals surface area contributed by atoms with Crippen LogP contribution in [0.25, 0.3) is 0 Å². The van der Waals surface area contributed by atoms with Crippen LogP contribution >= 0.6 is 27.3 Å². The first-order valence-electron chi connectivity index (χ1n) is 5.13. The third-order valence-corrected chi connectivity index (χ3v) is 4.15. The Bertz CT molecular complexity index is 461. The third-order valence-electron chi connectivity index (χ3n) is 2.24. The Kier molecular flexibility index (Phi) is 3.78. The number of hydrogen-bond donors (Lipinski definition) is 1. The van der Waals surface area contributed by atoms with E-state index in [2.05, 4.69) is 43.1 Å². The van der Waals surface area contributed by atoms with Crippen molar-refractivity contribution in [3.63, 3.8) is 0 Å². The molecule has 0 bridgehead atoms. The van der Waals surface area contributed by atoms with Gasteiger partial charge in [0.25, 0.3) is 0 Å². The summed E-state index contributed by atoms with van der Waals surface area (Å²) in [7, 11) is 0. The fourth-order valence-corrected chi connectivity index (χ4v) is 3.02. The lowest BCUT2D eigenvalue weighted by atomic mass is 10.2. The van der Waals surface area contributed by atoms with Gasteiger partial charge >= 0.3 is 0 Å². The zero-order chi connectivity index (χ0) is 11.5. The van der Waals surface area contributed by atoms with Gasteiger partial charge in [0.05, 0.1) is 18.6 Å². The van der Waals surface area contributed by atoms with E-state index in [1.165, 1.54) is 9.35 Å². The Labute approximate surface area is 107 Å². The van der Waals surface area contributed by atoms with Gasteiger partial charge in [-0.15, -0.1) is 11.3 Å². The van der Waals surface area contributed by atoms with Crippen LogP contribution in [-0.4, -0.2) is 15.6 Å². The van der Waals surface area contributed by atoms with Crippen LogP contribution in [0.4, 0.5) is 0 Å². The molecule has 0 saturated heterocycles. The van der Waals surface area contributed by atoms with Gasteiger partial charge in [-0.3, -0.25) is 0 Å². The molecule has 2 heterocycles. The highest BCUT2D eigenvalue weighted by molar-refractivity contribution is 9.10. The predicted molar refractivity (Wildman–Crippen MR) is 70.7 cm³/mol. The molecule has 0 spiro atoms. The minimum Gasteiger partial charge on any atom is -0.332 e. The van der Waals surface area contributed by atoms with Crippen molar-refractivity contribution in [1.29, 1.82) is 0 Å². The normalized spacial score (nSPS) is 12.9. The van der Waals surface area contributed by atoms with Crippen LogP contribution in [0.5, 0.6) is 0 Å². The van der Waals surface area contributed by atoms with Gasteiger partial charge < -0.3 is 10.3 Å². The first kappa shape index (κ1) is 11.8. The van der Waals surface area contributed by atoms with E-state index in [0.29, 0.717) is 0 Å². The minimum absolute atomic E-state index is 0.164. The Morgan fingerprint density at radius 3 is 3.06 bits per heavy atom. The molecule has 16 heavy (non-hydrogen) atoms. The molecule has 0 fully saturated rings. The number of hydrogen-bond acceptors (Lipinski definition) is 3. The summed E-state index contributed by atoms with van der Waals surface area (Å²) in [5.41, 5.74) is 6.80. The molecular weight excluding hydrogens is 286 g/mol. The highest BCUT2D eigenvalue weighted by Crippen LogP contribution is 2.23. The number of thiophene rings is 1. The molecule has 0 aliphatic heterocycles. The lowest BCUT2D eigenvalue weighted by Gasteiger charge is -2.01. The van der Waals surface area contributed by atoms with Crippen molar-refractivity contribution in [1.82, 2.24) is 9.55 Å². The maximum Gasteiger partial charge on any atom is 0.0952 e. The van der Waals surface area contributed by atoms with Gasteiger partial charge in [0, 0.05) is 28.0 Å². The molecule has 86 valence electrons. The van der Waals surface area contributed by atoms with Gasteiger partial charge in [-0.05, 0) is 34.3 Å². The fraction of sp³-hybridized carbons (Fsp3) is 0.364. The lowest BCUT2D eigenvalue weighted by molar-refractivity contribution is 0.723. The Balaban J connectivity index is 2.05. The van der Waals surface area contributed by atoms with Crippen LogP contribution in [-0.2, 0) is 13.0 Å². The molecule has 0 saturated carbocycles. The highest BCUT2D eigenvalue weighted by Gasteiger charge is 2.05. The van der Waals surface area contributed by atoms with Gasteiger partial charge in [0.2, 0.25) is 0 Å². The van der Waals surface area contributed by atoms with Crippen molar-refractivity contribution in [2.24, 2.45) is 5.73 Å². The molecule has 3 nitrogen and oxygen atoms in total. The summed E-state index contributed by atoms with van der Waals surface area (Å²) in [6.45, 7) is 2.86. The topological polar surface area (TPSA) is 43.8 Å². The Hall–Kier alpha value is -0.650.